The molecule has 6 heteroatoms. The first-order valence-electron chi connectivity index (χ1n) is 5.49. The maximum absolute atomic E-state index is 13.0. The summed E-state index contributed by atoms with van der Waals surface area (Å²) in [6, 6.07) is 8.22. The largest absolute Gasteiger partial charge is 0.426 e. The van der Waals surface area contributed by atoms with Crippen LogP contribution in [-0.2, 0) is 16.1 Å². The van der Waals surface area contributed by atoms with Crippen molar-refractivity contribution >= 4 is 5.91 Å². The molecule has 0 fully saturated rings. The lowest BCUT2D eigenvalue weighted by Crippen LogP contribution is -2.57. The van der Waals surface area contributed by atoms with Crippen LogP contribution in [0.1, 0.15) is 12.0 Å². The van der Waals surface area contributed by atoms with E-state index in [1.54, 1.807) is 30.3 Å². The molecular weight excluding hydrogens is 259 g/mol. The molecule has 0 aromatic heterocycles. The second-order valence-electron chi connectivity index (χ2n) is 3.96. The highest BCUT2D eigenvalue weighted by molar-refractivity contribution is 5.84. The quantitative estimate of drug-likeness (QED) is 0.810. The molecule has 0 aliphatic rings. The zero-order chi connectivity index (χ0) is 14.5. The molecule has 0 saturated heterocycles. The van der Waals surface area contributed by atoms with Gasteiger partial charge in [-0.15, -0.1) is 6.58 Å². The molecule has 0 saturated carbocycles. The summed E-state index contributed by atoms with van der Waals surface area (Å²) in [6.07, 6.45) is -4.66. The van der Waals surface area contributed by atoms with Crippen LogP contribution in [0.4, 0.5) is 13.2 Å². The second kappa shape index (κ2) is 5.88. The van der Waals surface area contributed by atoms with Crippen LogP contribution in [0.25, 0.3) is 0 Å². The molecule has 0 radical (unpaired) electrons. The van der Waals surface area contributed by atoms with E-state index in [9.17, 15) is 18.0 Å². The van der Waals surface area contributed by atoms with Gasteiger partial charge in [0.15, 0.2) is 0 Å². The van der Waals surface area contributed by atoms with Crippen molar-refractivity contribution < 1.29 is 22.7 Å². The fourth-order valence-electron chi connectivity index (χ4n) is 1.55. The summed E-state index contributed by atoms with van der Waals surface area (Å²) < 4.78 is 43.9. The predicted molar refractivity (Wildman–Crippen MR) is 64.0 cm³/mol. The number of carbonyl (C=O) groups is 1. The Balaban J connectivity index is 2.97. The third kappa shape index (κ3) is 3.35. The molecule has 1 aromatic rings. The van der Waals surface area contributed by atoms with Gasteiger partial charge in [0.05, 0.1) is 6.61 Å². The summed E-state index contributed by atoms with van der Waals surface area (Å²) in [5.74, 6) is -1.57. The minimum Gasteiger partial charge on any atom is -0.367 e. The number of halogens is 3. The normalized spacial score (nSPS) is 14.7. The van der Waals surface area contributed by atoms with Crippen molar-refractivity contribution in [2.45, 2.75) is 24.8 Å². The minimum atomic E-state index is -4.90. The van der Waals surface area contributed by atoms with Gasteiger partial charge in [-0.2, -0.15) is 13.2 Å². The molecule has 0 unspecified atom stereocenters. The van der Waals surface area contributed by atoms with Crippen molar-refractivity contribution in [2.75, 3.05) is 0 Å². The van der Waals surface area contributed by atoms with Crippen LogP contribution in [0.15, 0.2) is 43.0 Å². The van der Waals surface area contributed by atoms with E-state index in [1.165, 1.54) is 0 Å². The first-order valence-corrected chi connectivity index (χ1v) is 5.49. The molecule has 0 heterocycles. The Bertz CT molecular complexity index is 445. The fourth-order valence-corrected chi connectivity index (χ4v) is 1.55. The SMILES string of the molecule is C=CC[C@](OCc1ccccc1)(C(N)=O)C(F)(F)F. The van der Waals surface area contributed by atoms with Gasteiger partial charge in [0, 0.05) is 6.42 Å². The molecule has 0 spiro atoms. The summed E-state index contributed by atoms with van der Waals surface area (Å²) in [4.78, 5) is 11.2. The Hall–Kier alpha value is -1.82. The lowest BCUT2D eigenvalue weighted by atomic mass is 9.97. The molecule has 19 heavy (non-hydrogen) atoms. The number of carbonyl (C=O) groups excluding carboxylic acids is 1. The standard InChI is InChI=1S/C13H14F3NO2/c1-2-8-12(11(17)18,13(14,15)16)19-9-10-6-4-3-5-7-10/h2-7H,1,8-9H2,(H2,17,18)/t12-/m0/s1. The lowest BCUT2D eigenvalue weighted by molar-refractivity contribution is -0.268. The molecule has 104 valence electrons. The molecule has 1 aromatic carbocycles. The van der Waals surface area contributed by atoms with E-state index in [-0.39, 0.29) is 6.61 Å². The van der Waals surface area contributed by atoms with Crippen LogP contribution in [0.3, 0.4) is 0 Å². The van der Waals surface area contributed by atoms with E-state index in [4.69, 9.17) is 10.5 Å². The summed E-state index contributed by atoms with van der Waals surface area (Å²) >= 11 is 0. The van der Waals surface area contributed by atoms with E-state index in [2.05, 4.69) is 6.58 Å². The van der Waals surface area contributed by atoms with Crippen LogP contribution in [0, 0.1) is 0 Å². The Kier molecular flexibility index (Phi) is 4.72. The Labute approximate surface area is 108 Å². The van der Waals surface area contributed by atoms with Crippen LogP contribution in [0.2, 0.25) is 0 Å². The van der Waals surface area contributed by atoms with Gasteiger partial charge in [-0.05, 0) is 5.56 Å². The van der Waals surface area contributed by atoms with Crippen LogP contribution in [0.5, 0.6) is 0 Å². The van der Waals surface area contributed by atoms with Gasteiger partial charge in [-0.25, -0.2) is 0 Å². The van der Waals surface area contributed by atoms with E-state index in [0.29, 0.717) is 5.56 Å². The third-order valence-electron chi connectivity index (χ3n) is 2.62. The van der Waals surface area contributed by atoms with Crippen molar-refractivity contribution in [1.29, 1.82) is 0 Å². The summed E-state index contributed by atoms with van der Waals surface area (Å²) in [5.41, 5.74) is 2.35. The number of ether oxygens (including phenoxy) is 1. The van der Waals surface area contributed by atoms with Crippen molar-refractivity contribution in [3.8, 4) is 0 Å². The topological polar surface area (TPSA) is 52.3 Å². The first kappa shape index (κ1) is 15.2. The first-order chi connectivity index (χ1) is 8.83. The van der Waals surface area contributed by atoms with Gasteiger partial charge < -0.3 is 10.5 Å². The van der Waals surface area contributed by atoms with Gasteiger partial charge in [-0.1, -0.05) is 36.4 Å². The second-order valence-corrected chi connectivity index (χ2v) is 3.96. The maximum atomic E-state index is 13.0. The van der Waals surface area contributed by atoms with Crippen LogP contribution >= 0.6 is 0 Å². The Morgan fingerprint density at radius 3 is 2.32 bits per heavy atom. The third-order valence-corrected chi connectivity index (χ3v) is 2.62. The number of rotatable bonds is 6. The molecule has 1 rings (SSSR count). The van der Waals surface area contributed by atoms with Crippen LogP contribution < -0.4 is 5.73 Å². The molecule has 1 atom stereocenters. The molecule has 0 aliphatic carbocycles. The van der Waals surface area contributed by atoms with Gasteiger partial charge >= 0.3 is 6.18 Å². The number of amides is 1. The number of primary amides is 1. The Morgan fingerprint density at radius 2 is 1.89 bits per heavy atom. The van der Waals surface area contributed by atoms with Crippen molar-refractivity contribution in [1.82, 2.24) is 0 Å². The lowest BCUT2D eigenvalue weighted by Gasteiger charge is -2.31. The highest BCUT2D eigenvalue weighted by atomic mass is 19.4. The molecule has 1 amide bonds. The van der Waals surface area contributed by atoms with Crippen LogP contribution in [-0.4, -0.2) is 17.7 Å². The van der Waals surface area contributed by atoms with Gasteiger partial charge in [0.1, 0.15) is 0 Å². The highest BCUT2D eigenvalue weighted by Crippen LogP contribution is 2.37. The summed E-state index contributed by atoms with van der Waals surface area (Å²) in [6.45, 7) is 2.84. The number of hydrogen-bond donors (Lipinski definition) is 1. The van der Waals surface area contributed by atoms with Crippen molar-refractivity contribution in [2.24, 2.45) is 5.73 Å². The monoisotopic (exact) mass is 273 g/mol. The smallest absolute Gasteiger partial charge is 0.367 e. The van der Waals surface area contributed by atoms with Gasteiger partial charge in [0.25, 0.3) is 5.91 Å². The van der Waals surface area contributed by atoms with E-state index < -0.39 is 24.1 Å². The van der Waals surface area contributed by atoms with Gasteiger partial charge in [-0.3, -0.25) is 4.79 Å². The summed E-state index contributed by atoms with van der Waals surface area (Å²) in [7, 11) is 0. The number of alkyl halides is 3. The highest BCUT2D eigenvalue weighted by Gasteiger charge is 2.60. The molecule has 2 N–H and O–H groups in total. The van der Waals surface area contributed by atoms with Crippen molar-refractivity contribution in [3.05, 3.63) is 48.6 Å². The number of hydrogen-bond acceptors (Lipinski definition) is 2. The Morgan fingerprint density at radius 1 is 1.32 bits per heavy atom. The van der Waals surface area contributed by atoms with E-state index in [0.717, 1.165) is 6.08 Å². The number of nitrogens with two attached hydrogens (primary N) is 1. The number of benzene rings is 1. The average Bonchev–Trinajstić information content (AvgIpc) is 2.33. The zero-order valence-electron chi connectivity index (χ0n) is 10.1. The molecule has 0 bridgehead atoms. The molecular formula is C13H14F3NO2. The zero-order valence-corrected chi connectivity index (χ0v) is 10.1. The molecule has 3 nitrogen and oxygen atoms in total. The van der Waals surface area contributed by atoms with E-state index in [1.807, 2.05) is 0 Å². The average molecular weight is 273 g/mol. The maximum Gasteiger partial charge on any atom is 0.426 e. The fraction of sp³-hybridized carbons (Fsp3) is 0.308. The van der Waals surface area contributed by atoms with E-state index >= 15 is 0 Å². The molecule has 0 aliphatic heterocycles. The summed E-state index contributed by atoms with van der Waals surface area (Å²) in [5, 5.41) is 0. The minimum absolute atomic E-state index is 0.364. The van der Waals surface area contributed by atoms with Crippen molar-refractivity contribution in [3.63, 3.8) is 0 Å². The predicted octanol–water partition coefficient (Wildman–Crippen LogP) is 2.57. The van der Waals surface area contributed by atoms with Gasteiger partial charge in [0.2, 0.25) is 5.60 Å².